The van der Waals surface area contributed by atoms with Gasteiger partial charge < -0.3 is 5.11 Å². The number of β-amino-alcohol motifs (C(OH)–C–C–N with tert-alkyl or cyclic N) is 1. The number of nitriles is 1. The molecule has 4 nitrogen and oxygen atoms in total. The Bertz CT molecular complexity index is 238. The van der Waals surface area contributed by atoms with E-state index in [4.69, 9.17) is 15.2 Å². The van der Waals surface area contributed by atoms with Gasteiger partial charge in [0.05, 0.1) is 25.3 Å². The fraction of sp³-hybridized carbons (Fsp3) is 0.857. The van der Waals surface area contributed by atoms with Crippen molar-refractivity contribution in [2.45, 2.75) is 12.3 Å². The summed E-state index contributed by atoms with van der Waals surface area (Å²) in [7, 11) is 0. The van der Waals surface area contributed by atoms with E-state index in [9.17, 15) is 13.2 Å². The van der Waals surface area contributed by atoms with Crippen LogP contribution in [0.15, 0.2) is 0 Å². The van der Waals surface area contributed by atoms with Gasteiger partial charge in [0.15, 0.2) is 5.92 Å². The number of hydrogen-bond acceptors (Lipinski definition) is 4. The number of aliphatic hydroxyl groups is 1. The molecule has 1 rings (SSSR count). The van der Waals surface area contributed by atoms with Gasteiger partial charge in [0, 0.05) is 6.54 Å². The van der Waals surface area contributed by atoms with Crippen LogP contribution in [0.4, 0.5) is 13.2 Å². The Kier molecular flexibility index (Phi) is 3.31. The van der Waals surface area contributed by atoms with Gasteiger partial charge in [-0.25, -0.2) is 0 Å². The van der Waals surface area contributed by atoms with Crippen molar-refractivity contribution in [3.8, 4) is 6.07 Å². The fourth-order valence-corrected chi connectivity index (χ4v) is 1.08. The van der Waals surface area contributed by atoms with E-state index >= 15 is 0 Å². The second-order valence-corrected chi connectivity index (χ2v) is 3.02. The van der Waals surface area contributed by atoms with E-state index < -0.39 is 24.7 Å². The fourth-order valence-electron chi connectivity index (χ4n) is 1.08. The quantitative estimate of drug-likeness (QED) is 0.712. The predicted molar refractivity (Wildman–Crippen MR) is 38.7 cm³/mol. The summed E-state index contributed by atoms with van der Waals surface area (Å²) < 4.78 is 36.3. The Labute approximate surface area is 78.4 Å². The molecule has 1 heterocycles. The number of nitrogens with zero attached hydrogens (tertiary/aromatic N) is 2. The molecule has 0 spiro atoms. The summed E-state index contributed by atoms with van der Waals surface area (Å²) in [5.74, 6) is -2.08. The molecule has 1 fully saturated rings. The Balaban J connectivity index is 2.46. The molecule has 1 saturated heterocycles. The molecular formula is C7H9F3N2O2. The standard InChI is InChI=1S/C7H9F3N2O2/c8-7(9,10)5(1-11)2-12-3-6(13)4-14-12/h5-6,13H,2-4H2. The van der Waals surface area contributed by atoms with Crippen LogP contribution in [0.25, 0.3) is 0 Å². The Morgan fingerprint density at radius 2 is 2.29 bits per heavy atom. The van der Waals surface area contributed by atoms with Crippen LogP contribution in [0.3, 0.4) is 0 Å². The second-order valence-electron chi connectivity index (χ2n) is 3.02. The summed E-state index contributed by atoms with van der Waals surface area (Å²) in [6.07, 6.45) is -5.33. The van der Waals surface area contributed by atoms with Gasteiger partial charge in [0.2, 0.25) is 0 Å². The highest BCUT2D eigenvalue weighted by molar-refractivity contribution is 4.90. The van der Waals surface area contributed by atoms with Crippen molar-refractivity contribution >= 4 is 0 Å². The zero-order valence-electron chi connectivity index (χ0n) is 7.16. The van der Waals surface area contributed by atoms with Crippen molar-refractivity contribution in [3.63, 3.8) is 0 Å². The van der Waals surface area contributed by atoms with Crippen LogP contribution in [0.2, 0.25) is 0 Å². The smallest absolute Gasteiger partial charge is 0.389 e. The molecule has 2 atom stereocenters. The zero-order valence-corrected chi connectivity index (χ0v) is 7.16. The average molecular weight is 210 g/mol. The van der Waals surface area contributed by atoms with Crippen LogP contribution in [0.1, 0.15) is 0 Å². The summed E-state index contributed by atoms with van der Waals surface area (Å²) in [6.45, 7) is -0.568. The van der Waals surface area contributed by atoms with E-state index in [0.717, 1.165) is 11.1 Å². The van der Waals surface area contributed by atoms with Gasteiger partial charge in [-0.1, -0.05) is 0 Å². The van der Waals surface area contributed by atoms with Crippen LogP contribution >= 0.6 is 0 Å². The largest absolute Gasteiger partial charge is 0.405 e. The van der Waals surface area contributed by atoms with Crippen molar-refractivity contribution < 1.29 is 23.1 Å². The first kappa shape index (κ1) is 11.2. The van der Waals surface area contributed by atoms with E-state index in [1.165, 1.54) is 0 Å². The average Bonchev–Trinajstić information content (AvgIpc) is 2.45. The van der Waals surface area contributed by atoms with E-state index in [1.807, 2.05) is 0 Å². The highest BCUT2D eigenvalue weighted by atomic mass is 19.4. The molecule has 1 aliphatic rings. The van der Waals surface area contributed by atoms with Gasteiger partial charge in [0.1, 0.15) is 0 Å². The van der Waals surface area contributed by atoms with Crippen LogP contribution < -0.4 is 0 Å². The minimum absolute atomic E-state index is 0.00819. The van der Waals surface area contributed by atoms with E-state index in [-0.39, 0.29) is 13.2 Å². The zero-order chi connectivity index (χ0) is 10.8. The highest BCUT2D eigenvalue weighted by Gasteiger charge is 2.42. The summed E-state index contributed by atoms with van der Waals surface area (Å²) in [5, 5.41) is 18.2. The van der Waals surface area contributed by atoms with Crippen LogP contribution in [-0.4, -0.2) is 42.1 Å². The normalized spacial score (nSPS) is 26.1. The SMILES string of the molecule is N#CC(CN1CC(O)CO1)C(F)(F)F. The topological polar surface area (TPSA) is 56.5 Å². The lowest BCUT2D eigenvalue weighted by molar-refractivity contribution is -0.191. The Morgan fingerprint density at radius 3 is 2.64 bits per heavy atom. The molecule has 80 valence electrons. The van der Waals surface area contributed by atoms with Crippen LogP contribution in [0.5, 0.6) is 0 Å². The van der Waals surface area contributed by atoms with Crippen molar-refractivity contribution in [1.82, 2.24) is 5.06 Å². The monoisotopic (exact) mass is 210 g/mol. The third-order valence-corrected chi connectivity index (χ3v) is 1.80. The number of hydroxylamine groups is 2. The van der Waals surface area contributed by atoms with Crippen molar-refractivity contribution in [2.24, 2.45) is 5.92 Å². The maximum absolute atomic E-state index is 12.1. The molecule has 0 aromatic rings. The van der Waals surface area contributed by atoms with Gasteiger partial charge in [-0.15, -0.1) is 0 Å². The minimum atomic E-state index is -4.55. The molecule has 0 radical (unpaired) electrons. The van der Waals surface area contributed by atoms with E-state index in [0.29, 0.717) is 0 Å². The maximum atomic E-state index is 12.1. The molecular weight excluding hydrogens is 201 g/mol. The number of halogens is 3. The lowest BCUT2D eigenvalue weighted by Gasteiger charge is -2.19. The molecule has 0 bridgehead atoms. The van der Waals surface area contributed by atoms with Gasteiger partial charge in [0.25, 0.3) is 0 Å². The van der Waals surface area contributed by atoms with Crippen molar-refractivity contribution in [3.05, 3.63) is 0 Å². The summed E-state index contributed by atoms with van der Waals surface area (Å²) in [4.78, 5) is 4.72. The van der Waals surface area contributed by atoms with E-state index in [2.05, 4.69) is 0 Å². The maximum Gasteiger partial charge on any atom is 0.405 e. The molecule has 0 aliphatic carbocycles. The molecule has 1 N–H and O–H groups in total. The van der Waals surface area contributed by atoms with Crippen LogP contribution in [0, 0.1) is 17.2 Å². The number of aliphatic hydroxyl groups excluding tert-OH is 1. The first-order valence-corrected chi connectivity index (χ1v) is 3.95. The lowest BCUT2D eigenvalue weighted by atomic mass is 10.1. The third kappa shape index (κ3) is 2.83. The highest BCUT2D eigenvalue weighted by Crippen LogP contribution is 2.27. The molecule has 2 unspecified atom stereocenters. The van der Waals surface area contributed by atoms with Crippen LogP contribution in [-0.2, 0) is 4.84 Å². The summed E-state index contributed by atoms with van der Waals surface area (Å²) in [6, 6.07) is 1.16. The molecule has 1 aliphatic heterocycles. The van der Waals surface area contributed by atoms with E-state index in [1.54, 1.807) is 0 Å². The van der Waals surface area contributed by atoms with Crippen molar-refractivity contribution in [1.29, 1.82) is 5.26 Å². The summed E-state index contributed by atoms with van der Waals surface area (Å²) >= 11 is 0. The number of hydrogen-bond donors (Lipinski definition) is 1. The predicted octanol–water partition coefficient (Wildman–Crippen LogP) is 0.297. The second kappa shape index (κ2) is 4.13. The first-order chi connectivity index (χ1) is 6.43. The molecule has 0 amide bonds. The molecule has 0 aromatic heterocycles. The molecule has 0 aromatic carbocycles. The molecule has 7 heteroatoms. The first-order valence-electron chi connectivity index (χ1n) is 3.95. The molecule has 0 saturated carbocycles. The van der Waals surface area contributed by atoms with Gasteiger partial charge >= 0.3 is 6.18 Å². The summed E-state index contributed by atoms with van der Waals surface area (Å²) in [5.41, 5.74) is 0. The third-order valence-electron chi connectivity index (χ3n) is 1.80. The number of alkyl halides is 3. The van der Waals surface area contributed by atoms with Gasteiger partial charge in [-0.3, -0.25) is 4.84 Å². The van der Waals surface area contributed by atoms with Gasteiger partial charge in [-0.2, -0.15) is 23.5 Å². The molecule has 14 heavy (non-hydrogen) atoms. The Morgan fingerprint density at radius 1 is 1.64 bits per heavy atom. The minimum Gasteiger partial charge on any atom is -0.389 e. The number of rotatable bonds is 2. The lowest BCUT2D eigenvalue weighted by Crippen LogP contribution is -2.34. The Hall–Kier alpha value is -0.840. The van der Waals surface area contributed by atoms with Gasteiger partial charge in [-0.05, 0) is 0 Å². The van der Waals surface area contributed by atoms with Crippen molar-refractivity contribution in [2.75, 3.05) is 19.7 Å².